The zero-order valence-corrected chi connectivity index (χ0v) is 64.3. The van der Waals surface area contributed by atoms with Crippen molar-refractivity contribution in [1.82, 2.24) is 22.8 Å². The fourth-order valence-corrected chi connectivity index (χ4v) is 14.6. The fraction of sp³-hybridized carbons (Fsp3) is 0.187. The van der Waals surface area contributed by atoms with Crippen molar-refractivity contribution in [2.24, 2.45) is 0 Å². The molecule has 0 spiro atoms. The summed E-state index contributed by atoms with van der Waals surface area (Å²) < 4.78 is 63.8. The van der Waals surface area contributed by atoms with E-state index in [-0.39, 0.29) is 19.5 Å². The molecular weight excluding hydrogens is 1420 g/mol. The van der Waals surface area contributed by atoms with E-state index in [2.05, 4.69) is 70.1 Å². The Morgan fingerprint density at radius 2 is 0.814 bits per heavy atom. The number of carbonyl (C=O) groups excluding carboxylic acids is 1. The summed E-state index contributed by atoms with van der Waals surface area (Å²) in [5.74, 6) is 7.00. The predicted molar refractivity (Wildman–Crippen MR) is 435 cm³/mol. The number of nitrogens with one attached hydrogen (secondary N) is 1. The molecule has 0 unspecified atom stereocenters. The third kappa shape index (κ3) is 14.6. The van der Waals surface area contributed by atoms with Crippen LogP contribution in [-0.4, -0.2) is 77.9 Å². The summed E-state index contributed by atoms with van der Waals surface area (Å²) in [4.78, 5) is 12.6. The van der Waals surface area contributed by atoms with Crippen LogP contribution in [0.25, 0.3) is 94.0 Å². The number of rotatable bonds is 15. The quantitative estimate of drug-likeness (QED) is 0.0999. The number of nitriles is 5. The summed E-state index contributed by atoms with van der Waals surface area (Å²) in [6.07, 6.45) is 3.28. The highest BCUT2D eigenvalue weighted by Crippen LogP contribution is 2.43. The van der Waals surface area contributed by atoms with Crippen molar-refractivity contribution in [3.63, 3.8) is 0 Å². The van der Waals surface area contributed by atoms with Gasteiger partial charge in [0.2, 0.25) is 13.6 Å². The van der Waals surface area contributed by atoms with E-state index in [1.165, 1.54) is 0 Å². The number of furan rings is 1. The number of hydrogen-bond acceptors (Lipinski definition) is 16. The molecule has 0 saturated heterocycles. The van der Waals surface area contributed by atoms with E-state index in [0.29, 0.717) is 57.4 Å². The SMILES string of the molecule is CCn1c(-c2ccc3c(c2)OCO3)c(C#N)c2ccc(OC)cc21.CCn1c(-c2ccccc2)c(C#N)c2ccc(OC)cc21.CCn1c(-c2ccoc2)c(C#N)c2ccc(OC)cc21.CCn1c(NC(=O)c2cccc(C)c2)c(C#N)c2ccc(OC)cc21.COc1ccc2c(C#N)c(C)n(-c3ccc4c(c3)OCO4)c2c1. The molecule has 2 aliphatic heterocycles. The largest absolute Gasteiger partial charge is 0.497 e. The van der Waals surface area contributed by atoms with Crippen LogP contribution in [0, 0.1) is 70.5 Å². The lowest BCUT2D eigenvalue weighted by Crippen LogP contribution is -2.16. The standard InChI is InChI=1S/C20H19N3O2.C19H16N2O3.C18H14N2O3.C18H16N2O.C16H14N2O2/c1-4-23-18-11-15(25-3)8-9-16(18)17(12-21)19(23)22-20(24)14-7-5-6-13(2)10-14;1-3-21-16-9-13(22-2)5-6-14(16)15(10-20)19(21)12-4-7-17-18(8-12)24-11-23-17;1-11-15(9-19)14-5-4-13(21-2)8-16(14)20(11)12-3-6-17-18(7-12)23-10-22-17;1-3-20-17-11-14(21-2)9-10-15(17)16(12-19)18(20)13-7-5-4-6-8-13;1-3-18-15-8-12(19-2)4-5-13(15)14(9-17)16(18)11-6-7-20-10-11/h5-11H,4H2,1-3H3,(H,22,24);4-9H,3,11H2,1-2H3;3-8H,10H2,1-2H3;4-11H,3H2,1-2H3;4-8,10H,3H2,1-2H3. The number of nitrogens with zero attached hydrogens (tertiary/aromatic N) is 10. The Bertz CT molecular complexity index is 6340. The van der Waals surface area contributed by atoms with Gasteiger partial charge in [-0.3, -0.25) is 4.79 Å². The van der Waals surface area contributed by atoms with Crippen molar-refractivity contribution in [2.45, 2.75) is 67.7 Å². The van der Waals surface area contributed by atoms with Crippen LogP contribution in [0.1, 0.15) is 77.1 Å². The molecule has 564 valence electrons. The smallest absolute Gasteiger partial charge is 0.256 e. The van der Waals surface area contributed by atoms with Gasteiger partial charge in [0.25, 0.3) is 5.91 Å². The van der Waals surface area contributed by atoms with Gasteiger partial charge in [0.1, 0.15) is 70.5 Å². The molecule has 0 atom stereocenters. The molecule has 15 aromatic rings. The van der Waals surface area contributed by atoms with E-state index in [1.807, 2.05) is 212 Å². The van der Waals surface area contributed by atoms with E-state index in [4.69, 9.17) is 47.0 Å². The van der Waals surface area contributed by atoms with E-state index < -0.39 is 0 Å². The highest BCUT2D eigenvalue weighted by atomic mass is 16.7. The molecule has 0 aliphatic carbocycles. The molecule has 1 amide bonds. The zero-order chi connectivity index (χ0) is 79.6. The minimum atomic E-state index is -0.232. The number of methoxy groups -OCH3 is 5. The van der Waals surface area contributed by atoms with Gasteiger partial charge in [0.05, 0.1) is 115 Å². The second-order valence-electron chi connectivity index (χ2n) is 25.9. The van der Waals surface area contributed by atoms with E-state index in [9.17, 15) is 31.1 Å². The molecule has 0 radical (unpaired) electrons. The summed E-state index contributed by atoms with van der Waals surface area (Å²) in [5, 5.41) is 55.5. The Morgan fingerprint density at radius 1 is 0.398 bits per heavy atom. The van der Waals surface area contributed by atoms with Crippen LogP contribution >= 0.6 is 0 Å². The zero-order valence-electron chi connectivity index (χ0n) is 64.3. The molecule has 2 aliphatic rings. The number of benzene rings is 9. The van der Waals surface area contributed by atoms with Crippen molar-refractivity contribution in [2.75, 3.05) is 54.5 Å². The van der Waals surface area contributed by atoms with Crippen LogP contribution in [0.5, 0.6) is 51.7 Å². The summed E-state index contributed by atoms with van der Waals surface area (Å²) in [5.41, 5.74) is 17.0. The Labute approximate surface area is 652 Å². The van der Waals surface area contributed by atoms with Crippen LogP contribution in [0.3, 0.4) is 0 Å². The average Bonchev–Trinajstić information content (AvgIpc) is 1.62. The van der Waals surface area contributed by atoms with Crippen LogP contribution in [-0.2, 0) is 26.2 Å². The van der Waals surface area contributed by atoms with Gasteiger partial charge >= 0.3 is 0 Å². The normalized spacial score (nSPS) is 11.3. The number of ether oxygens (including phenoxy) is 9. The first-order valence-electron chi connectivity index (χ1n) is 36.4. The van der Waals surface area contributed by atoms with Gasteiger partial charge in [-0.2, -0.15) is 26.3 Å². The van der Waals surface area contributed by atoms with Gasteiger partial charge < -0.3 is 75.2 Å². The summed E-state index contributed by atoms with van der Waals surface area (Å²) in [6, 6.07) is 71.1. The predicted octanol–water partition coefficient (Wildman–Crippen LogP) is 19.6. The topological polar surface area (TPSA) is 269 Å². The summed E-state index contributed by atoms with van der Waals surface area (Å²) >= 11 is 0. The van der Waals surface area contributed by atoms with E-state index in [0.717, 1.165) is 165 Å². The Morgan fingerprint density at radius 3 is 1.26 bits per heavy atom. The van der Waals surface area contributed by atoms with Crippen LogP contribution in [0.15, 0.2) is 205 Å². The molecule has 22 nitrogen and oxygen atoms in total. The third-order valence-corrected chi connectivity index (χ3v) is 19.9. The lowest BCUT2D eigenvalue weighted by Gasteiger charge is -2.10. The van der Waals surface area contributed by atoms with Gasteiger partial charge in [-0.05, 0) is 156 Å². The second kappa shape index (κ2) is 33.7. The van der Waals surface area contributed by atoms with Crippen LogP contribution < -0.4 is 47.9 Å². The first kappa shape index (κ1) is 76.3. The average molecular weight is 1500 g/mol. The second-order valence-corrected chi connectivity index (χ2v) is 25.9. The maximum absolute atomic E-state index is 12.6. The maximum atomic E-state index is 12.6. The van der Waals surface area contributed by atoms with Gasteiger partial charge in [-0.1, -0.05) is 48.0 Å². The highest BCUT2D eigenvalue weighted by molar-refractivity contribution is 6.07. The summed E-state index contributed by atoms with van der Waals surface area (Å²) in [7, 11) is 8.18. The van der Waals surface area contributed by atoms with Gasteiger partial charge in [0.15, 0.2) is 23.0 Å². The highest BCUT2D eigenvalue weighted by Gasteiger charge is 2.26. The van der Waals surface area contributed by atoms with Gasteiger partial charge in [-0.15, -0.1) is 0 Å². The molecule has 8 heterocycles. The van der Waals surface area contributed by atoms with Crippen molar-refractivity contribution in [3.8, 4) is 122 Å². The molecule has 17 rings (SSSR count). The molecule has 9 aromatic carbocycles. The number of carbonyl (C=O) groups is 1. The first-order chi connectivity index (χ1) is 55.2. The Hall–Kier alpha value is -14.9. The van der Waals surface area contributed by atoms with Crippen LogP contribution in [0.4, 0.5) is 5.82 Å². The third-order valence-electron chi connectivity index (χ3n) is 19.9. The molecule has 22 heteroatoms. The van der Waals surface area contributed by atoms with Gasteiger partial charge in [0, 0.05) is 118 Å². The number of fused-ring (bicyclic) bond motifs is 7. The first-order valence-corrected chi connectivity index (χ1v) is 36.4. The van der Waals surface area contributed by atoms with E-state index >= 15 is 0 Å². The lowest BCUT2D eigenvalue weighted by atomic mass is 10.1. The van der Waals surface area contributed by atoms with Crippen molar-refractivity contribution in [1.29, 1.82) is 26.3 Å². The molecular formula is C91H79N11O11. The number of aryl methyl sites for hydroxylation is 5. The Balaban J connectivity index is 0.000000124. The number of aromatic nitrogens is 5. The minimum Gasteiger partial charge on any atom is -0.497 e. The fourth-order valence-electron chi connectivity index (χ4n) is 14.6. The lowest BCUT2D eigenvalue weighted by molar-refractivity contribution is 0.102. The molecule has 0 bridgehead atoms. The van der Waals surface area contributed by atoms with Crippen molar-refractivity contribution in [3.05, 3.63) is 245 Å². The molecule has 6 aromatic heterocycles. The van der Waals surface area contributed by atoms with Crippen molar-refractivity contribution >= 4 is 66.2 Å². The molecule has 113 heavy (non-hydrogen) atoms. The number of amides is 1. The van der Waals surface area contributed by atoms with Crippen LogP contribution in [0.2, 0.25) is 0 Å². The van der Waals surface area contributed by atoms with Crippen molar-refractivity contribution < 1.29 is 51.8 Å². The molecule has 0 saturated carbocycles. The monoisotopic (exact) mass is 1500 g/mol. The Kier molecular flexibility index (Phi) is 22.7. The summed E-state index contributed by atoms with van der Waals surface area (Å²) in [6.45, 7) is 15.5. The minimum absolute atomic E-state index is 0.232. The number of anilines is 1. The molecule has 1 N–H and O–H groups in total. The van der Waals surface area contributed by atoms with Gasteiger partial charge in [-0.25, -0.2) is 0 Å². The van der Waals surface area contributed by atoms with E-state index in [1.54, 1.807) is 54.1 Å². The molecule has 0 fully saturated rings. The maximum Gasteiger partial charge on any atom is 0.256 e. The number of hydrogen-bond donors (Lipinski definition) is 1.